The van der Waals surface area contributed by atoms with Gasteiger partial charge in [0.25, 0.3) is 0 Å². The van der Waals surface area contributed by atoms with Gasteiger partial charge in [-0.1, -0.05) is 35.3 Å². The van der Waals surface area contributed by atoms with Crippen LogP contribution in [-0.4, -0.2) is 64.5 Å². The quantitative estimate of drug-likeness (QED) is 0.498. The number of likely N-dealkylation sites (tertiary alicyclic amines) is 2. The number of nitrogens with zero attached hydrogens (tertiary/aromatic N) is 2. The number of halogens is 3. The molecule has 2 N–H and O–H groups in total. The number of carboxylic acid groups (broad SMARTS) is 2. The second-order valence-corrected chi connectivity index (χ2v) is 10.2. The van der Waals surface area contributed by atoms with Crippen LogP contribution in [0.3, 0.4) is 0 Å². The first-order valence-corrected chi connectivity index (χ1v) is 12.6. The number of hydrogen-bond acceptors (Lipinski definition) is 4. The van der Waals surface area contributed by atoms with Gasteiger partial charge < -0.3 is 20.0 Å². The predicted octanol–water partition coefficient (Wildman–Crippen LogP) is 4.86. The number of hydrogen-bond donors (Lipinski definition) is 2. The number of amides is 1. The van der Waals surface area contributed by atoms with Crippen molar-refractivity contribution in [3.05, 3.63) is 81.6 Å². The fraction of sp³-hybridized carbons (Fsp3) is 0.370. The van der Waals surface area contributed by atoms with Crippen LogP contribution in [-0.2, 0) is 26.3 Å². The monoisotopic (exact) mass is 550 g/mol. The van der Waals surface area contributed by atoms with Crippen molar-refractivity contribution in [1.29, 1.82) is 0 Å². The first kappa shape index (κ1) is 28.6. The van der Waals surface area contributed by atoms with Gasteiger partial charge in [0.15, 0.2) is 0 Å². The molecule has 2 saturated heterocycles. The van der Waals surface area contributed by atoms with E-state index in [9.17, 15) is 18.8 Å². The molecule has 0 aliphatic carbocycles. The van der Waals surface area contributed by atoms with Crippen LogP contribution in [0, 0.1) is 11.7 Å². The van der Waals surface area contributed by atoms with Crippen molar-refractivity contribution < 1.29 is 29.0 Å². The maximum Gasteiger partial charge on any atom is 0.328 e. The van der Waals surface area contributed by atoms with Gasteiger partial charge >= 0.3 is 11.9 Å². The molecule has 1 atom stereocenters. The fourth-order valence-corrected chi connectivity index (χ4v) is 5.68. The molecule has 0 spiro atoms. The molecule has 0 radical (unpaired) electrons. The Morgan fingerprint density at radius 3 is 2.05 bits per heavy atom. The molecule has 2 aromatic rings. The normalized spacial score (nSPS) is 19.5. The number of carbonyl (C=O) groups is 3. The molecule has 2 aromatic carbocycles. The van der Waals surface area contributed by atoms with Gasteiger partial charge in [0.05, 0.1) is 0 Å². The molecule has 1 amide bonds. The second-order valence-electron chi connectivity index (χ2n) is 9.35. The van der Waals surface area contributed by atoms with E-state index in [0.29, 0.717) is 35.3 Å². The van der Waals surface area contributed by atoms with Crippen LogP contribution in [0.15, 0.2) is 54.6 Å². The lowest BCUT2D eigenvalue weighted by Crippen LogP contribution is -2.48. The SMILES string of the molecule is CN1CCC(c2ccc(F)cc2)(C2CCN(Cc3cc(Cl)cc(Cl)c3)C2=O)CC1.O=C(O)/C=C/C(=O)O. The largest absolute Gasteiger partial charge is 0.478 e. The molecule has 0 aromatic heterocycles. The number of rotatable bonds is 6. The number of carboxylic acids is 2. The Morgan fingerprint density at radius 1 is 1.00 bits per heavy atom. The van der Waals surface area contributed by atoms with E-state index in [2.05, 4.69) is 11.9 Å². The molecule has 2 aliphatic heterocycles. The lowest BCUT2D eigenvalue weighted by Gasteiger charge is -2.44. The number of carbonyl (C=O) groups excluding carboxylic acids is 1. The van der Waals surface area contributed by atoms with E-state index in [0.717, 1.165) is 43.5 Å². The number of benzene rings is 2. The van der Waals surface area contributed by atoms with Gasteiger partial charge in [0.2, 0.25) is 5.91 Å². The summed E-state index contributed by atoms with van der Waals surface area (Å²) >= 11 is 12.3. The highest BCUT2D eigenvalue weighted by Gasteiger charge is 2.49. The summed E-state index contributed by atoms with van der Waals surface area (Å²) in [5.41, 5.74) is 1.78. The highest BCUT2D eigenvalue weighted by Crippen LogP contribution is 2.46. The van der Waals surface area contributed by atoms with Crippen molar-refractivity contribution in [3.8, 4) is 0 Å². The molecule has 0 saturated carbocycles. The summed E-state index contributed by atoms with van der Waals surface area (Å²) in [7, 11) is 2.11. The van der Waals surface area contributed by atoms with Crippen molar-refractivity contribution in [3.63, 3.8) is 0 Å². The van der Waals surface area contributed by atoms with Crippen molar-refractivity contribution in [2.45, 2.75) is 31.2 Å². The topological polar surface area (TPSA) is 98.2 Å². The van der Waals surface area contributed by atoms with Crippen LogP contribution in [0.2, 0.25) is 10.0 Å². The Morgan fingerprint density at radius 2 is 1.54 bits per heavy atom. The molecule has 0 bridgehead atoms. The van der Waals surface area contributed by atoms with Gasteiger partial charge in [-0.25, -0.2) is 14.0 Å². The van der Waals surface area contributed by atoms with Crippen molar-refractivity contribution in [1.82, 2.24) is 9.80 Å². The summed E-state index contributed by atoms with van der Waals surface area (Å²) in [5, 5.41) is 16.8. The second kappa shape index (κ2) is 12.5. The Balaban J connectivity index is 0.000000414. The summed E-state index contributed by atoms with van der Waals surface area (Å²) in [6.07, 6.45) is 3.74. The Labute approximate surface area is 225 Å². The maximum absolute atomic E-state index is 13.6. The molecule has 2 heterocycles. The van der Waals surface area contributed by atoms with Gasteiger partial charge in [-0.3, -0.25) is 4.79 Å². The zero-order valence-electron chi connectivity index (χ0n) is 20.4. The van der Waals surface area contributed by atoms with Crippen LogP contribution in [0.1, 0.15) is 30.4 Å². The summed E-state index contributed by atoms with van der Waals surface area (Å²) < 4.78 is 13.6. The lowest BCUT2D eigenvalue weighted by molar-refractivity contribution is -0.134. The zero-order chi connectivity index (χ0) is 27.2. The lowest BCUT2D eigenvalue weighted by atomic mass is 9.64. The minimum atomic E-state index is -1.26. The first-order valence-electron chi connectivity index (χ1n) is 11.8. The van der Waals surface area contributed by atoms with E-state index in [4.69, 9.17) is 33.4 Å². The van der Waals surface area contributed by atoms with Crippen molar-refractivity contribution >= 4 is 41.0 Å². The zero-order valence-corrected chi connectivity index (χ0v) is 21.9. The van der Waals surface area contributed by atoms with E-state index >= 15 is 0 Å². The molecule has 7 nitrogen and oxygen atoms in total. The van der Waals surface area contributed by atoms with Gasteiger partial charge in [0, 0.05) is 46.6 Å². The van der Waals surface area contributed by atoms with Crippen LogP contribution >= 0.6 is 23.2 Å². The minimum absolute atomic E-state index is 0.0867. The van der Waals surface area contributed by atoms with Gasteiger partial charge in [-0.2, -0.15) is 0 Å². The molecular formula is C27H29Cl2FN2O5. The predicted molar refractivity (Wildman–Crippen MR) is 139 cm³/mol. The average Bonchev–Trinajstić information content (AvgIpc) is 3.19. The van der Waals surface area contributed by atoms with Crippen LogP contribution in [0.5, 0.6) is 0 Å². The number of piperidine rings is 1. The standard InChI is InChI=1S/C23H25Cl2FN2O.C4H4O4/c1-27-10-7-23(8-11-27,17-2-4-20(26)5-3-17)21-6-9-28(22(21)29)15-16-12-18(24)14-19(25)13-16;5-3(6)1-2-4(7)8/h2-5,12-14,21H,6-11,15H2,1H3;1-2H,(H,5,6)(H,7,8)/b;2-1+. The van der Waals surface area contributed by atoms with Crippen LogP contribution in [0.4, 0.5) is 4.39 Å². The molecule has 10 heteroatoms. The average molecular weight is 551 g/mol. The summed E-state index contributed by atoms with van der Waals surface area (Å²) in [5.74, 6) is -2.67. The minimum Gasteiger partial charge on any atom is -0.478 e. The summed E-state index contributed by atoms with van der Waals surface area (Å²) in [6, 6.07) is 12.2. The third kappa shape index (κ3) is 7.53. The highest BCUT2D eigenvalue weighted by molar-refractivity contribution is 6.34. The third-order valence-electron chi connectivity index (χ3n) is 6.93. The van der Waals surface area contributed by atoms with Crippen LogP contribution in [0.25, 0.3) is 0 Å². The Kier molecular flexibility index (Phi) is 9.70. The van der Waals surface area contributed by atoms with E-state index < -0.39 is 11.9 Å². The van der Waals surface area contributed by atoms with Gasteiger partial charge in [-0.05, 0) is 80.9 Å². The van der Waals surface area contributed by atoms with E-state index in [-0.39, 0.29) is 23.1 Å². The van der Waals surface area contributed by atoms with E-state index in [1.807, 2.05) is 29.2 Å². The molecule has 2 aliphatic rings. The maximum atomic E-state index is 13.6. The summed E-state index contributed by atoms with van der Waals surface area (Å²) in [6.45, 7) is 3.09. The van der Waals surface area contributed by atoms with Crippen molar-refractivity contribution in [2.75, 3.05) is 26.7 Å². The molecule has 4 rings (SSSR count). The smallest absolute Gasteiger partial charge is 0.328 e. The van der Waals surface area contributed by atoms with Crippen LogP contribution < -0.4 is 0 Å². The molecule has 1 unspecified atom stereocenters. The molecular weight excluding hydrogens is 522 g/mol. The highest BCUT2D eigenvalue weighted by atomic mass is 35.5. The summed E-state index contributed by atoms with van der Waals surface area (Å²) in [4.78, 5) is 36.8. The fourth-order valence-electron chi connectivity index (χ4n) is 5.11. The van der Waals surface area contributed by atoms with E-state index in [1.165, 1.54) is 12.1 Å². The van der Waals surface area contributed by atoms with Gasteiger partial charge in [0.1, 0.15) is 5.82 Å². The van der Waals surface area contributed by atoms with Gasteiger partial charge in [-0.15, -0.1) is 0 Å². The molecule has 198 valence electrons. The first-order chi connectivity index (χ1) is 17.5. The number of aliphatic carboxylic acids is 2. The molecule has 37 heavy (non-hydrogen) atoms. The third-order valence-corrected chi connectivity index (χ3v) is 7.36. The molecule has 2 fully saturated rings. The van der Waals surface area contributed by atoms with E-state index in [1.54, 1.807) is 6.07 Å². The Hall–Kier alpha value is -2.94. The Bertz CT molecular complexity index is 1130. The van der Waals surface area contributed by atoms with Crippen molar-refractivity contribution in [2.24, 2.45) is 5.92 Å².